The van der Waals surface area contributed by atoms with Crippen LogP contribution in [0.15, 0.2) is 46.0 Å². The Hall–Kier alpha value is -3.13. The Morgan fingerprint density at radius 1 is 1.30 bits per heavy atom. The fraction of sp³-hybridized carbons (Fsp3) is 0.105. The minimum atomic E-state index is -0.474. The third-order valence-corrected chi connectivity index (χ3v) is 4.71. The molecule has 1 aliphatic rings. The van der Waals surface area contributed by atoms with E-state index in [4.69, 9.17) is 9.15 Å². The van der Waals surface area contributed by atoms with Crippen LogP contribution in [-0.2, 0) is 4.79 Å². The Labute approximate surface area is 157 Å². The van der Waals surface area contributed by atoms with Crippen molar-refractivity contribution >= 4 is 40.0 Å². The first kappa shape index (κ1) is 17.3. The molecule has 0 bridgehead atoms. The van der Waals surface area contributed by atoms with Crippen LogP contribution in [0, 0.1) is 5.82 Å². The third-order valence-electron chi connectivity index (χ3n) is 3.90. The lowest BCUT2D eigenvalue weighted by Gasteiger charge is -2.07. The molecule has 6 nitrogen and oxygen atoms in total. The van der Waals surface area contributed by atoms with Crippen molar-refractivity contribution in [2.75, 3.05) is 6.61 Å². The number of carbonyl (C=O) groups is 2. The molecule has 1 N–H and O–H groups in total. The molecule has 1 fully saturated rings. The summed E-state index contributed by atoms with van der Waals surface area (Å²) in [4.78, 5) is 27.4. The highest BCUT2D eigenvalue weighted by Crippen LogP contribution is 2.34. The predicted molar refractivity (Wildman–Crippen MR) is 99.7 cm³/mol. The van der Waals surface area contributed by atoms with Gasteiger partial charge in [-0.2, -0.15) is 0 Å². The summed E-state index contributed by atoms with van der Waals surface area (Å²) in [5, 5.41) is 2.47. The van der Waals surface area contributed by atoms with Gasteiger partial charge in [-0.3, -0.25) is 19.9 Å². The molecule has 1 aliphatic heterocycles. The monoisotopic (exact) mass is 384 g/mol. The molecule has 2 amide bonds. The standard InChI is InChI=1S/C19H13FN2O4S/c1-2-25-15-4-3-10(6-14(15)20)13-9-21-8-11-5-12(26-17(11)13)7-16-18(23)22-19(24)27-16/h3-9H,2H2,1H3,(H,22,23,24). The largest absolute Gasteiger partial charge is 0.491 e. The van der Waals surface area contributed by atoms with Crippen LogP contribution in [0.4, 0.5) is 9.18 Å². The first-order valence-electron chi connectivity index (χ1n) is 8.10. The number of hydrogen-bond acceptors (Lipinski definition) is 6. The first-order chi connectivity index (χ1) is 13.0. The molecule has 0 atom stereocenters. The van der Waals surface area contributed by atoms with Gasteiger partial charge in [0.25, 0.3) is 11.1 Å². The number of amides is 2. The maximum atomic E-state index is 14.2. The number of nitrogens with one attached hydrogen (secondary N) is 1. The highest BCUT2D eigenvalue weighted by Gasteiger charge is 2.25. The SMILES string of the molecule is CCOc1ccc(-c2cncc3cc(C=C4SC(=O)NC4=O)oc23)cc1F. The van der Waals surface area contributed by atoms with Crippen molar-refractivity contribution < 1.29 is 23.1 Å². The second-order valence-corrected chi connectivity index (χ2v) is 6.70. The number of rotatable bonds is 4. The van der Waals surface area contributed by atoms with Crippen molar-refractivity contribution in [2.45, 2.75) is 6.92 Å². The van der Waals surface area contributed by atoms with E-state index in [-0.39, 0.29) is 10.7 Å². The summed E-state index contributed by atoms with van der Waals surface area (Å²) in [7, 11) is 0. The number of nitrogens with zero attached hydrogens (tertiary/aromatic N) is 1. The van der Waals surface area contributed by atoms with Crippen LogP contribution in [0.5, 0.6) is 5.75 Å². The fourth-order valence-electron chi connectivity index (χ4n) is 2.75. The van der Waals surface area contributed by atoms with Gasteiger partial charge in [-0.1, -0.05) is 6.07 Å². The van der Waals surface area contributed by atoms with Crippen LogP contribution in [0.3, 0.4) is 0 Å². The number of aromatic nitrogens is 1. The molecule has 1 saturated heterocycles. The molecule has 3 heterocycles. The number of furan rings is 1. The minimum Gasteiger partial charge on any atom is -0.491 e. The van der Waals surface area contributed by atoms with Gasteiger partial charge in [0.05, 0.1) is 11.5 Å². The number of carbonyl (C=O) groups excluding carboxylic acids is 2. The molecule has 0 saturated carbocycles. The number of pyridine rings is 1. The molecule has 2 aromatic heterocycles. The van der Waals surface area contributed by atoms with Gasteiger partial charge < -0.3 is 9.15 Å². The van der Waals surface area contributed by atoms with Crippen LogP contribution in [0.25, 0.3) is 28.2 Å². The van der Waals surface area contributed by atoms with Crippen molar-refractivity contribution in [2.24, 2.45) is 0 Å². The van der Waals surface area contributed by atoms with Gasteiger partial charge >= 0.3 is 0 Å². The quantitative estimate of drug-likeness (QED) is 0.673. The maximum absolute atomic E-state index is 14.2. The molecular formula is C19H13FN2O4S. The van der Waals surface area contributed by atoms with Crippen LogP contribution < -0.4 is 10.1 Å². The number of imide groups is 1. The maximum Gasteiger partial charge on any atom is 0.290 e. The number of benzene rings is 1. The normalized spacial score (nSPS) is 15.6. The average Bonchev–Trinajstić information content (AvgIpc) is 3.19. The molecule has 27 heavy (non-hydrogen) atoms. The Bertz CT molecular complexity index is 1110. The van der Waals surface area contributed by atoms with E-state index in [2.05, 4.69) is 10.3 Å². The van der Waals surface area contributed by atoms with Gasteiger partial charge in [0.1, 0.15) is 11.3 Å². The predicted octanol–water partition coefficient (Wildman–Crippen LogP) is 4.36. The van der Waals surface area contributed by atoms with E-state index in [0.717, 1.165) is 11.8 Å². The van der Waals surface area contributed by atoms with Crippen molar-refractivity contribution in [1.29, 1.82) is 0 Å². The zero-order chi connectivity index (χ0) is 19.0. The van der Waals surface area contributed by atoms with Crippen molar-refractivity contribution in [1.82, 2.24) is 10.3 Å². The van der Waals surface area contributed by atoms with Gasteiger partial charge in [-0.05, 0) is 42.4 Å². The van der Waals surface area contributed by atoms with Gasteiger partial charge in [0.2, 0.25) is 0 Å². The molecule has 8 heteroatoms. The second kappa shape index (κ2) is 6.88. The Kier molecular flexibility index (Phi) is 4.41. The highest BCUT2D eigenvalue weighted by atomic mass is 32.2. The summed E-state index contributed by atoms with van der Waals surface area (Å²) < 4.78 is 25.3. The topological polar surface area (TPSA) is 81.4 Å². The van der Waals surface area contributed by atoms with E-state index >= 15 is 0 Å². The Morgan fingerprint density at radius 3 is 2.85 bits per heavy atom. The Morgan fingerprint density at radius 2 is 2.15 bits per heavy atom. The first-order valence-corrected chi connectivity index (χ1v) is 8.92. The molecule has 0 spiro atoms. The smallest absolute Gasteiger partial charge is 0.290 e. The van der Waals surface area contributed by atoms with Crippen LogP contribution in [0.2, 0.25) is 0 Å². The van der Waals surface area contributed by atoms with E-state index in [1.807, 2.05) is 0 Å². The molecule has 1 aromatic carbocycles. The van der Waals surface area contributed by atoms with Gasteiger partial charge in [-0.25, -0.2) is 4.39 Å². The van der Waals surface area contributed by atoms with Gasteiger partial charge in [0, 0.05) is 29.4 Å². The number of fused-ring (bicyclic) bond motifs is 1. The van der Waals surface area contributed by atoms with Crippen molar-refractivity contribution in [3.05, 3.63) is 53.1 Å². The number of thioether (sulfide) groups is 1. The fourth-order valence-corrected chi connectivity index (χ4v) is 3.41. The van der Waals surface area contributed by atoms with E-state index in [0.29, 0.717) is 34.5 Å². The molecule has 136 valence electrons. The van der Waals surface area contributed by atoms with Gasteiger partial charge in [-0.15, -0.1) is 0 Å². The number of halogens is 1. The van der Waals surface area contributed by atoms with Crippen LogP contribution in [0.1, 0.15) is 12.7 Å². The lowest BCUT2D eigenvalue weighted by Crippen LogP contribution is -2.17. The Balaban J connectivity index is 1.76. The summed E-state index contributed by atoms with van der Waals surface area (Å²) in [5.41, 5.74) is 1.71. The van der Waals surface area contributed by atoms with Crippen molar-refractivity contribution in [3.8, 4) is 16.9 Å². The number of hydrogen-bond donors (Lipinski definition) is 1. The lowest BCUT2D eigenvalue weighted by atomic mass is 10.1. The van der Waals surface area contributed by atoms with Gasteiger partial charge in [0.15, 0.2) is 11.6 Å². The molecule has 0 radical (unpaired) electrons. The zero-order valence-electron chi connectivity index (χ0n) is 14.1. The summed E-state index contributed by atoms with van der Waals surface area (Å²) >= 11 is 0.810. The molecule has 4 rings (SSSR count). The molecule has 0 unspecified atom stereocenters. The third kappa shape index (κ3) is 3.31. The van der Waals surface area contributed by atoms with E-state index in [1.54, 1.807) is 37.5 Å². The number of ether oxygens (including phenoxy) is 1. The van der Waals surface area contributed by atoms with Crippen LogP contribution >= 0.6 is 11.8 Å². The van der Waals surface area contributed by atoms with E-state index in [1.165, 1.54) is 12.1 Å². The van der Waals surface area contributed by atoms with Crippen LogP contribution in [-0.4, -0.2) is 22.7 Å². The zero-order valence-corrected chi connectivity index (χ0v) is 14.9. The second-order valence-electron chi connectivity index (χ2n) is 5.68. The summed E-state index contributed by atoms with van der Waals surface area (Å²) in [6, 6.07) is 6.36. The van der Waals surface area contributed by atoms with E-state index in [9.17, 15) is 14.0 Å². The summed E-state index contributed by atoms with van der Waals surface area (Å²) in [6.45, 7) is 2.16. The van der Waals surface area contributed by atoms with Crippen molar-refractivity contribution in [3.63, 3.8) is 0 Å². The minimum absolute atomic E-state index is 0.181. The van der Waals surface area contributed by atoms with E-state index < -0.39 is 17.0 Å². The summed E-state index contributed by atoms with van der Waals surface area (Å²) in [6.07, 6.45) is 4.69. The summed E-state index contributed by atoms with van der Waals surface area (Å²) in [5.74, 6) is -0.353. The molecule has 0 aliphatic carbocycles. The average molecular weight is 384 g/mol. The molecule has 3 aromatic rings. The lowest BCUT2D eigenvalue weighted by molar-refractivity contribution is -0.115. The molecular weight excluding hydrogens is 371 g/mol. The highest BCUT2D eigenvalue weighted by molar-refractivity contribution is 8.18.